The number of nitrogens with zero attached hydrogens (tertiary/aromatic N) is 2. The van der Waals surface area contributed by atoms with Crippen molar-refractivity contribution in [1.82, 2.24) is 9.88 Å². The van der Waals surface area contributed by atoms with Crippen molar-refractivity contribution < 1.29 is 36.6 Å². The second-order valence-electron chi connectivity index (χ2n) is 8.12. The van der Waals surface area contributed by atoms with Crippen molar-refractivity contribution >= 4 is 5.97 Å². The van der Waals surface area contributed by atoms with Gasteiger partial charge >= 0.3 is 12.1 Å². The van der Waals surface area contributed by atoms with Gasteiger partial charge in [-0.15, -0.1) is 0 Å². The molecule has 2 aromatic carbocycles. The van der Waals surface area contributed by atoms with Crippen LogP contribution in [0.3, 0.4) is 0 Å². The van der Waals surface area contributed by atoms with Gasteiger partial charge in [-0.3, -0.25) is 9.69 Å². The summed E-state index contributed by atoms with van der Waals surface area (Å²) >= 11 is 0. The maximum absolute atomic E-state index is 12.8. The number of carbonyl (C=O) groups is 1. The molecule has 0 unspecified atom stereocenters. The molecule has 10 heteroatoms. The van der Waals surface area contributed by atoms with Gasteiger partial charge in [-0.25, -0.2) is 4.98 Å². The molecule has 1 aromatic heterocycles. The smallest absolute Gasteiger partial charge is 0.416 e. The zero-order valence-corrected chi connectivity index (χ0v) is 19.3. The van der Waals surface area contributed by atoms with Gasteiger partial charge in [0, 0.05) is 18.7 Å². The zero-order chi connectivity index (χ0) is 25.0. The van der Waals surface area contributed by atoms with Gasteiger partial charge in [-0.05, 0) is 48.9 Å². The number of morpholine rings is 1. The van der Waals surface area contributed by atoms with Gasteiger partial charge in [0.15, 0.2) is 0 Å². The van der Waals surface area contributed by atoms with Crippen molar-refractivity contribution in [3.63, 3.8) is 0 Å². The molecule has 2 heterocycles. The minimum Gasteiger partial charge on any atom is -0.487 e. The lowest BCUT2D eigenvalue weighted by molar-refractivity contribution is -0.153. The minimum absolute atomic E-state index is 0.127. The highest BCUT2D eigenvalue weighted by atomic mass is 19.4. The number of oxazole rings is 1. The van der Waals surface area contributed by atoms with Crippen LogP contribution in [0.4, 0.5) is 13.2 Å². The summed E-state index contributed by atoms with van der Waals surface area (Å²) in [4.78, 5) is 18.5. The molecule has 0 radical (unpaired) electrons. The third kappa shape index (κ3) is 6.01. The molecule has 0 aliphatic carbocycles. The maximum atomic E-state index is 12.8. The largest absolute Gasteiger partial charge is 0.487 e. The van der Waals surface area contributed by atoms with Crippen LogP contribution in [0, 0.1) is 6.92 Å². The van der Waals surface area contributed by atoms with Crippen molar-refractivity contribution in [2.75, 3.05) is 26.9 Å². The number of benzene rings is 2. The summed E-state index contributed by atoms with van der Waals surface area (Å²) in [5.74, 6) is 1.03. The number of carbonyl (C=O) groups excluding carboxylic acids is 1. The van der Waals surface area contributed by atoms with E-state index >= 15 is 0 Å². The fraction of sp³-hybridized carbons (Fsp3) is 0.360. The van der Waals surface area contributed by atoms with Crippen LogP contribution in [0.5, 0.6) is 5.75 Å². The number of methoxy groups -OCH3 is 1. The molecular weight excluding hydrogens is 465 g/mol. The van der Waals surface area contributed by atoms with Crippen LogP contribution in [0.15, 0.2) is 52.9 Å². The Balaban J connectivity index is 1.41. The molecule has 186 valence electrons. The number of ether oxygens (including phenoxy) is 3. The molecule has 0 amide bonds. The lowest BCUT2D eigenvalue weighted by Crippen LogP contribution is -2.49. The molecule has 1 saturated heterocycles. The molecule has 4 rings (SSSR count). The van der Waals surface area contributed by atoms with Crippen LogP contribution >= 0.6 is 0 Å². The van der Waals surface area contributed by atoms with E-state index in [1.807, 2.05) is 29.2 Å². The first-order valence-corrected chi connectivity index (χ1v) is 11.0. The summed E-state index contributed by atoms with van der Waals surface area (Å²) in [6.45, 7) is 3.81. The van der Waals surface area contributed by atoms with Crippen molar-refractivity contribution in [3.8, 4) is 17.2 Å². The summed E-state index contributed by atoms with van der Waals surface area (Å²) in [5, 5.41) is 0. The van der Waals surface area contributed by atoms with E-state index in [0.29, 0.717) is 42.5 Å². The average Bonchev–Trinajstić information content (AvgIpc) is 3.23. The molecule has 0 spiro atoms. The maximum Gasteiger partial charge on any atom is 0.416 e. The first kappa shape index (κ1) is 24.7. The summed E-state index contributed by atoms with van der Waals surface area (Å²) in [5.41, 5.74) is 1.22. The summed E-state index contributed by atoms with van der Waals surface area (Å²) in [6, 6.07) is 11.7. The Bertz CT molecular complexity index is 1160. The molecule has 7 nitrogen and oxygen atoms in total. The molecule has 0 N–H and O–H groups in total. The number of hydrogen-bond acceptors (Lipinski definition) is 7. The summed E-state index contributed by atoms with van der Waals surface area (Å²) < 4.78 is 60.2. The third-order valence-corrected chi connectivity index (χ3v) is 5.72. The van der Waals surface area contributed by atoms with Crippen LogP contribution < -0.4 is 4.74 Å². The van der Waals surface area contributed by atoms with E-state index in [1.165, 1.54) is 19.2 Å². The quantitative estimate of drug-likeness (QED) is 0.448. The van der Waals surface area contributed by atoms with Crippen molar-refractivity contribution in [2.24, 2.45) is 0 Å². The van der Waals surface area contributed by atoms with Crippen molar-refractivity contribution in [3.05, 3.63) is 71.1 Å². The van der Waals surface area contributed by atoms with Crippen LogP contribution in [0.2, 0.25) is 0 Å². The molecule has 35 heavy (non-hydrogen) atoms. The van der Waals surface area contributed by atoms with Crippen LogP contribution in [-0.4, -0.2) is 48.8 Å². The van der Waals surface area contributed by atoms with Gasteiger partial charge in [0.1, 0.15) is 29.9 Å². The van der Waals surface area contributed by atoms with Gasteiger partial charge in [0.25, 0.3) is 0 Å². The van der Waals surface area contributed by atoms with E-state index in [1.54, 1.807) is 6.92 Å². The Morgan fingerprint density at radius 2 is 1.97 bits per heavy atom. The lowest BCUT2D eigenvalue weighted by Gasteiger charge is -2.33. The number of alkyl halides is 3. The SMILES string of the molecule is COC(=O)[C@@H]1COCCN1Cc1cccc(OCc2nc(-c3ccc(C(F)(F)F)cc3)oc2C)c1. The predicted octanol–water partition coefficient (Wildman–Crippen LogP) is 4.62. The Morgan fingerprint density at radius 3 is 2.69 bits per heavy atom. The minimum atomic E-state index is -4.40. The van der Waals surface area contributed by atoms with Crippen molar-refractivity contribution in [1.29, 1.82) is 0 Å². The number of rotatable bonds is 7. The fourth-order valence-corrected chi connectivity index (χ4v) is 3.79. The Kier molecular flexibility index (Phi) is 7.42. The predicted molar refractivity (Wildman–Crippen MR) is 119 cm³/mol. The number of aryl methyl sites for hydroxylation is 1. The standard InChI is InChI=1S/C25H25F3N2O5/c1-16-21(29-23(35-16)18-6-8-19(9-7-18)25(26,27)28)14-34-20-5-3-4-17(12-20)13-30-10-11-33-15-22(30)24(31)32-2/h3-9,12,22H,10-11,13-15H2,1-2H3/t22-/m0/s1. The molecule has 1 atom stereocenters. The second kappa shape index (κ2) is 10.5. The molecular formula is C25H25F3N2O5. The van der Waals surface area contributed by atoms with Crippen LogP contribution in [0.1, 0.15) is 22.6 Å². The first-order valence-electron chi connectivity index (χ1n) is 11.0. The van der Waals surface area contributed by atoms with E-state index in [-0.39, 0.29) is 25.1 Å². The first-order chi connectivity index (χ1) is 16.7. The highest BCUT2D eigenvalue weighted by Crippen LogP contribution is 2.31. The normalized spacial score (nSPS) is 16.8. The molecule has 1 aliphatic heterocycles. The second-order valence-corrected chi connectivity index (χ2v) is 8.12. The zero-order valence-electron chi connectivity index (χ0n) is 19.3. The molecule has 1 aliphatic rings. The Morgan fingerprint density at radius 1 is 1.20 bits per heavy atom. The van der Waals surface area contributed by atoms with E-state index < -0.39 is 17.8 Å². The Labute approximate surface area is 200 Å². The van der Waals surface area contributed by atoms with E-state index in [9.17, 15) is 18.0 Å². The highest BCUT2D eigenvalue weighted by Gasteiger charge is 2.31. The molecule has 0 bridgehead atoms. The lowest BCUT2D eigenvalue weighted by atomic mass is 10.1. The average molecular weight is 490 g/mol. The van der Waals surface area contributed by atoms with Crippen LogP contribution in [0.25, 0.3) is 11.5 Å². The number of halogens is 3. The van der Waals surface area contributed by atoms with Crippen LogP contribution in [-0.2, 0) is 33.6 Å². The monoisotopic (exact) mass is 490 g/mol. The van der Waals surface area contributed by atoms with E-state index in [2.05, 4.69) is 4.98 Å². The van der Waals surface area contributed by atoms with Gasteiger partial charge < -0.3 is 18.6 Å². The molecule has 0 saturated carbocycles. The fourth-order valence-electron chi connectivity index (χ4n) is 3.79. The number of aromatic nitrogens is 1. The van der Waals surface area contributed by atoms with E-state index in [4.69, 9.17) is 18.6 Å². The molecule has 3 aromatic rings. The van der Waals surface area contributed by atoms with Gasteiger partial charge in [-0.2, -0.15) is 13.2 Å². The highest BCUT2D eigenvalue weighted by molar-refractivity contribution is 5.75. The Hall–Kier alpha value is -3.37. The topological polar surface area (TPSA) is 74.0 Å². The van der Waals surface area contributed by atoms with Crippen molar-refractivity contribution in [2.45, 2.75) is 32.3 Å². The number of esters is 1. The van der Waals surface area contributed by atoms with Gasteiger partial charge in [0.2, 0.25) is 5.89 Å². The third-order valence-electron chi connectivity index (χ3n) is 5.72. The number of hydrogen-bond donors (Lipinski definition) is 0. The summed E-state index contributed by atoms with van der Waals surface area (Å²) in [7, 11) is 1.36. The van der Waals surface area contributed by atoms with E-state index in [0.717, 1.165) is 17.7 Å². The van der Waals surface area contributed by atoms with Gasteiger partial charge in [0.05, 0.1) is 25.9 Å². The molecule has 1 fully saturated rings. The summed E-state index contributed by atoms with van der Waals surface area (Å²) in [6.07, 6.45) is -4.40. The van der Waals surface area contributed by atoms with Gasteiger partial charge in [-0.1, -0.05) is 12.1 Å².